The van der Waals surface area contributed by atoms with Crippen LogP contribution in [0.1, 0.15) is 44.9 Å². The molecule has 0 aromatic heterocycles. The van der Waals surface area contributed by atoms with Crippen molar-refractivity contribution in [2.24, 2.45) is 5.92 Å². The first-order valence-corrected chi connectivity index (χ1v) is 5.89. The molecular formula is C14H20O2. The molecule has 1 unspecified atom stereocenters. The Morgan fingerprint density at radius 1 is 1.31 bits per heavy atom. The van der Waals surface area contributed by atoms with Crippen molar-refractivity contribution in [2.75, 3.05) is 0 Å². The Bertz CT molecular complexity index is 394. The number of ether oxygens (including phenoxy) is 1. The van der Waals surface area contributed by atoms with Gasteiger partial charge in [-0.15, -0.1) is 0 Å². The summed E-state index contributed by atoms with van der Waals surface area (Å²) in [6.45, 7) is 8.21. The van der Waals surface area contributed by atoms with E-state index in [-0.39, 0.29) is 11.5 Å². The molecule has 0 fully saturated rings. The van der Waals surface area contributed by atoms with Gasteiger partial charge in [0.15, 0.2) is 0 Å². The molecule has 1 heterocycles. The standard InChI is InChI=1S/C14H20O2/c1-9(2)13(15)10-5-6-11-8-14(3,4)16-12(11)7-10/h5-7,9,13,15H,8H2,1-4H3. The first-order chi connectivity index (χ1) is 7.39. The molecule has 2 rings (SSSR count). The van der Waals surface area contributed by atoms with Crippen LogP contribution in [0.5, 0.6) is 5.75 Å². The summed E-state index contributed by atoms with van der Waals surface area (Å²) in [5.74, 6) is 1.16. The van der Waals surface area contributed by atoms with Crippen LogP contribution in [0.25, 0.3) is 0 Å². The molecule has 0 aliphatic carbocycles. The van der Waals surface area contributed by atoms with Gasteiger partial charge >= 0.3 is 0 Å². The van der Waals surface area contributed by atoms with Crippen LogP contribution >= 0.6 is 0 Å². The van der Waals surface area contributed by atoms with Crippen LogP contribution in [0, 0.1) is 5.92 Å². The van der Waals surface area contributed by atoms with E-state index in [0.29, 0.717) is 0 Å². The van der Waals surface area contributed by atoms with E-state index in [4.69, 9.17) is 4.74 Å². The molecule has 0 saturated heterocycles. The molecule has 2 heteroatoms. The van der Waals surface area contributed by atoms with Crippen molar-refractivity contribution in [1.82, 2.24) is 0 Å². The summed E-state index contributed by atoms with van der Waals surface area (Å²) in [6.07, 6.45) is 0.540. The minimum Gasteiger partial charge on any atom is -0.487 e. The van der Waals surface area contributed by atoms with Crippen molar-refractivity contribution in [3.8, 4) is 5.75 Å². The van der Waals surface area contributed by atoms with Crippen molar-refractivity contribution in [3.63, 3.8) is 0 Å². The van der Waals surface area contributed by atoms with Crippen LogP contribution in [0.15, 0.2) is 18.2 Å². The third-order valence-corrected chi connectivity index (χ3v) is 3.07. The molecule has 0 radical (unpaired) electrons. The summed E-state index contributed by atoms with van der Waals surface area (Å²) in [6, 6.07) is 6.06. The highest BCUT2D eigenvalue weighted by Crippen LogP contribution is 2.37. The number of aliphatic hydroxyl groups is 1. The molecule has 2 nitrogen and oxygen atoms in total. The van der Waals surface area contributed by atoms with Crippen molar-refractivity contribution >= 4 is 0 Å². The quantitative estimate of drug-likeness (QED) is 0.830. The van der Waals surface area contributed by atoms with Crippen LogP contribution in [-0.4, -0.2) is 10.7 Å². The summed E-state index contributed by atoms with van der Waals surface area (Å²) >= 11 is 0. The molecule has 0 amide bonds. The van der Waals surface area contributed by atoms with Gasteiger partial charge in [0.25, 0.3) is 0 Å². The average Bonchev–Trinajstić information content (AvgIpc) is 2.48. The van der Waals surface area contributed by atoms with E-state index in [1.165, 1.54) is 5.56 Å². The zero-order valence-electron chi connectivity index (χ0n) is 10.4. The van der Waals surface area contributed by atoms with Crippen LogP contribution in [-0.2, 0) is 6.42 Å². The fraction of sp³-hybridized carbons (Fsp3) is 0.571. The second-order valence-electron chi connectivity index (χ2n) is 5.59. The fourth-order valence-corrected chi connectivity index (χ4v) is 2.17. The molecule has 0 spiro atoms. The SMILES string of the molecule is CC(C)C(O)c1ccc2c(c1)OC(C)(C)C2. The zero-order chi connectivity index (χ0) is 11.9. The van der Waals surface area contributed by atoms with E-state index in [1.807, 2.05) is 26.0 Å². The third kappa shape index (κ3) is 2.07. The van der Waals surface area contributed by atoms with E-state index in [9.17, 15) is 5.11 Å². The minimum atomic E-state index is -0.405. The van der Waals surface area contributed by atoms with Crippen LogP contribution in [0.3, 0.4) is 0 Å². The van der Waals surface area contributed by atoms with E-state index in [0.717, 1.165) is 17.7 Å². The number of rotatable bonds is 2. The number of hydrogen-bond acceptors (Lipinski definition) is 2. The Balaban J connectivity index is 2.29. The van der Waals surface area contributed by atoms with Gasteiger partial charge in [-0.1, -0.05) is 26.0 Å². The van der Waals surface area contributed by atoms with Crippen LogP contribution in [0.2, 0.25) is 0 Å². The first kappa shape index (κ1) is 11.5. The maximum Gasteiger partial charge on any atom is 0.123 e. The molecule has 1 atom stereocenters. The van der Waals surface area contributed by atoms with Gasteiger partial charge in [-0.3, -0.25) is 0 Å². The van der Waals surface area contributed by atoms with Crippen molar-refractivity contribution in [2.45, 2.75) is 45.8 Å². The lowest BCUT2D eigenvalue weighted by atomic mass is 9.96. The number of hydrogen-bond donors (Lipinski definition) is 1. The van der Waals surface area contributed by atoms with Crippen LogP contribution < -0.4 is 4.74 Å². The first-order valence-electron chi connectivity index (χ1n) is 5.89. The summed E-state index contributed by atoms with van der Waals surface area (Å²) in [4.78, 5) is 0. The van der Waals surface area contributed by atoms with Gasteiger partial charge in [0.2, 0.25) is 0 Å². The molecule has 1 N–H and O–H groups in total. The Kier molecular flexibility index (Phi) is 2.70. The highest BCUT2D eigenvalue weighted by Gasteiger charge is 2.30. The van der Waals surface area contributed by atoms with E-state index < -0.39 is 6.10 Å². The molecular weight excluding hydrogens is 200 g/mol. The van der Waals surface area contributed by atoms with Gasteiger partial charge in [0, 0.05) is 6.42 Å². The Hall–Kier alpha value is -1.02. The largest absolute Gasteiger partial charge is 0.487 e. The molecule has 1 aromatic carbocycles. The summed E-state index contributed by atoms with van der Waals surface area (Å²) in [5.41, 5.74) is 2.08. The zero-order valence-corrected chi connectivity index (χ0v) is 10.4. The maximum absolute atomic E-state index is 10.0. The van der Waals surface area contributed by atoms with Crippen molar-refractivity contribution in [3.05, 3.63) is 29.3 Å². The number of aliphatic hydroxyl groups excluding tert-OH is 1. The van der Waals surface area contributed by atoms with Crippen molar-refractivity contribution in [1.29, 1.82) is 0 Å². The van der Waals surface area contributed by atoms with Gasteiger partial charge in [0.05, 0.1) is 6.10 Å². The molecule has 88 valence electrons. The molecule has 1 aliphatic rings. The smallest absolute Gasteiger partial charge is 0.123 e. The molecule has 0 saturated carbocycles. The van der Waals surface area contributed by atoms with Gasteiger partial charge in [0.1, 0.15) is 11.4 Å². The van der Waals surface area contributed by atoms with Gasteiger partial charge in [-0.2, -0.15) is 0 Å². The predicted octanol–water partition coefficient (Wildman–Crippen LogP) is 3.09. The number of fused-ring (bicyclic) bond motifs is 1. The predicted molar refractivity (Wildman–Crippen MR) is 64.7 cm³/mol. The van der Waals surface area contributed by atoms with Crippen LogP contribution in [0.4, 0.5) is 0 Å². The lowest BCUT2D eigenvalue weighted by Crippen LogP contribution is -2.24. The Morgan fingerprint density at radius 2 is 2.00 bits per heavy atom. The average molecular weight is 220 g/mol. The monoisotopic (exact) mass is 220 g/mol. The van der Waals surface area contributed by atoms with E-state index >= 15 is 0 Å². The fourth-order valence-electron chi connectivity index (χ4n) is 2.17. The number of benzene rings is 1. The highest BCUT2D eigenvalue weighted by atomic mass is 16.5. The van der Waals surface area contributed by atoms with Gasteiger partial charge in [-0.05, 0) is 37.0 Å². The Morgan fingerprint density at radius 3 is 2.62 bits per heavy atom. The molecule has 0 bridgehead atoms. The normalized spacial score (nSPS) is 19.4. The van der Waals surface area contributed by atoms with Gasteiger partial charge in [-0.25, -0.2) is 0 Å². The topological polar surface area (TPSA) is 29.5 Å². The molecule has 16 heavy (non-hydrogen) atoms. The lowest BCUT2D eigenvalue weighted by Gasteiger charge is -2.18. The molecule has 1 aromatic rings. The lowest BCUT2D eigenvalue weighted by molar-refractivity contribution is 0.123. The Labute approximate surface area is 97.3 Å². The maximum atomic E-state index is 10.0. The van der Waals surface area contributed by atoms with Gasteiger partial charge < -0.3 is 9.84 Å². The van der Waals surface area contributed by atoms with E-state index in [2.05, 4.69) is 19.9 Å². The summed E-state index contributed by atoms with van der Waals surface area (Å²) in [5, 5.41) is 10.0. The molecule has 1 aliphatic heterocycles. The van der Waals surface area contributed by atoms with E-state index in [1.54, 1.807) is 0 Å². The van der Waals surface area contributed by atoms with Crippen molar-refractivity contribution < 1.29 is 9.84 Å². The summed E-state index contributed by atoms with van der Waals surface area (Å²) in [7, 11) is 0. The second kappa shape index (κ2) is 3.77. The summed E-state index contributed by atoms with van der Waals surface area (Å²) < 4.78 is 5.85. The highest BCUT2D eigenvalue weighted by molar-refractivity contribution is 5.42. The minimum absolute atomic E-state index is 0.107. The third-order valence-electron chi connectivity index (χ3n) is 3.07. The second-order valence-corrected chi connectivity index (χ2v) is 5.59.